The lowest BCUT2D eigenvalue weighted by atomic mass is 10.1. The number of hydrogen-bond acceptors (Lipinski definition) is 4. The van der Waals surface area contributed by atoms with Crippen LogP contribution in [0.15, 0.2) is 42.5 Å². The van der Waals surface area contributed by atoms with E-state index in [-0.39, 0.29) is 11.8 Å². The van der Waals surface area contributed by atoms with E-state index in [9.17, 15) is 9.59 Å². The van der Waals surface area contributed by atoms with Gasteiger partial charge in [-0.15, -0.1) is 0 Å². The van der Waals surface area contributed by atoms with Crippen molar-refractivity contribution in [3.63, 3.8) is 0 Å². The smallest absolute Gasteiger partial charge is 0.251 e. The van der Waals surface area contributed by atoms with E-state index in [1.54, 1.807) is 6.07 Å². The van der Waals surface area contributed by atoms with Crippen molar-refractivity contribution >= 4 is 28.5 Å². The monoisotopic (exact) mass is 408 g/mol. The Hall–Kier alpha value is -3.19. The Kier molecular flexibility index (Phi) is 7.57. The largest absolute Gasteiger partial charge is 0.382 e. The molecule has 2 aromatic carbocycles. The topological polar surface area (TPSA) is 96.1 Å². The summed E-state index contributed by atoms with van der Waals surface area (Å²) in [4.78, 5) is 31.4. The molecule has 1 aromatic heterocycles. The molecule has 0 saturated heterocycles. The number of rotatable bonds is 10. The van der Waals surface area contributed by atoms with E-state index >= 15 is 0 Å². The van der Waals surface area contributed by atoms with E-state index < -0.39 is 0 Å². The van der Waals surface area contributed by atoms with Crippen molar-refractivity contribution in [1.29, 1.82) is 0 Å². The van der Waals surface area contributed by atoms with Gasteiger partial charge in [0, 0.05) is 44.4 Å². The summed E-state index contributed by atoms with van der Waals surface area (Å²) < 4.78 is 5.28. The number of fused-ring (bicyclic) bond motifs is 1. The maximum atomic E-state index is 12.3. The maximum Gasteiger partial charge on any atom is 0.251 e. The minimum atomic E-state index is -0.0937. The van der Waals surface area contributed by atoms with Crippen molar-refractivity contribution in [2.24, 2.45) is 0 Å². The van der Waals surface area contributed by atoms with Crippen molar-refractivity contribution in [3.8, 4) is 0 Å². The highest BCUT2D eigenvalue weighted by molar-refractivity contribution is 5.97. The molecule has 0 aliphatic rings. The normalized spacial score (nSPS) is 10.9. The summed E-state index contributed by atoms with van der Waals surface area (Å²) in [5.41, 5.74) is 4.27. The molecule has 0 radical (unpaired) electrons. The molecule has 7 heteroatoms. The predicted molar refractivity (Wildman–Crippen MR) is 118 cm³/mol. The van der Waals surface area contributed by atoms with E-state index in [2.05, 4.69) is 20.6 Å². The zero-order valence-corrected chi connectivity index (χ0v) is 17.5. The Morgan fingerprint density at radius 2 is 1.90 bits per heavy atom. The first-order valence-electron chi connectivity index (χ1n) is 10.3. The number of nitrogens with one attached hydrogen (secondary N) is 3. The molecule has 2 amide bonds. The standard InChI is InChI=1S/C23H28N4O3/c1-3-30-14-4-13-24-23(29)18-8-11-20-21(15-18)27-22(26-20)12-7-17-5-9-19(10-6-17)25-16(2)28/h5-6,8-11,15H,3-4,7,12-14H2,1-2H3,(H,24,29)(H,25,28)(H,26,27). The number of anilines is 1. The summed E-state index contributed by atoms with van der Waals surface area (Å²) in [7, 11) is 0. The van der Waals surface area contributed by atoms with Gasteiger partial charge in [-0.2, -0.15) is 0 Å². The first-order valence-corrected chi connectivity index (χ1v) is 10.3. The van der Waals surface area contributed by atoms with E-state index in [0.29, 0.717) is 25.3 Å². The molecule has 0 unspecified atom stereocenters. The third-order valence-corrected chi connectivity index (χ3v) is 4.67. The molecule has 0 saturated carbocycles. The van der Waals surface area contributed by atoms with Crippen LogP contribution in [-0.4, -0.2) is 41.5 Å². The number of H-pyrrole nitrogens is 1. The predicted octanol–water partition coefficient (Wildman–Crippen LogP) is 3.46. The van der Waals surface area contributed by atoms with Crippen LogP contribution in [0.1, 0.15) is 42.0 Å². The van der Waals surface area contributed by atoms with Gasteiger partial charge in [0.1, 0.15) is 5.82 Å². The van der Waals surface area contributed by atoms with Crippen LogP contribution in [-0.2, 0) is 22.4 Å². The molecule has 0 aliphatic carbocycles. The second-order valence-electron chi connectivity index (χ2n) is 7.10. The van der Waals surface area contributed by atoms with E-state index in [1.807, 2.05) is 43.3 Å². The van der Waals surface area contributed by atoms with Crippen LogP contribution in [0, 0.1) is 0 Å². The second kappa shape index (κ2) is 10.5. The number of aryl methyl sites for hydroxylation is 2. The molecule has 7 nitrogen and oxygen atoms in total. The summed E-state index contributed by atoms with van der Waals surface area (Å²) in [5.74, 6) is 0.706. The molecule has 1 heterocycles. The molecule has 0 bridgehead atoms. The Morgan fingerprint density at radius 1 is 1.10 bits per heavy atom. The molecule has 3 N–H and O–H groups in total. The van der Waals surface area contributed by atoms with Gasteiger partial charge in [-0.25, -0.2) is 4.98 Å². The van der Waals surface area contributed by atoms with Gasteiger partial charge in [-0.3, -0.25) is 9.59 Å². The van der Waals surface area contributed by atoms with Crippen LogP contribution in [0.3, 0.4) is 0 Å². The van der Waals surface area contributed by atoms with E-state index in [1.165, 1.54) is 6.92 Å². The summed E-state index contributed by atoms with van der Waals surface area (Å²) >= 11 is 0. The van der Waals surface area contributed by atoms with Crippen molar-refractivity contribution in [2.75, 3.05) is 25.1 Å². The van der Waals surface area contributed by atoms with Crippen molar-refractivity contribution in [3.05, 3.63) is 59.4 Å². The van der Waals surface area contributed by atoms with Gasteiger partial charge in [0.2, 0.25) is 5.91 Å². The SMILES string of the molecule is CCOCCCNC(=O)c1ccc2nc(CCc3ccc(NC(C)=O)cc3)[nH]c2c1. The average Bonchev–Trinajstić information content (AvgIpc) is 3.14. The highest BCUT2D eigenvalue weighted by Gasteiger charge is 2.09. The third kappa shape index (κ3) is 6.15. The fraction of sp³-hybridized carbons (Fsp3) is 0.348. The fourth-order valence-corrected chi connectivity index (χ4v) is 3.17. The number of carbonyl (C=O) groups is 2. The quantitative estimate of drug-likeness (QED) is 0.448. The number of ether oxygens (including phenoxy) is 1. The van der Waals surface area contributed by atoms with Gasteiger partial charge >= 0.3 is 0 Å². The van der Waals surface area contributed by atoms with Crippen molar-refractivity contribution in [1.82, 2.24) is 15.3 Å². The molecule has 0 atom stereocenters. The minimum absolute atomic E-state index is 0.0800. The van der Waals surface area contributed by atoms with Gasteiger partial charge < -0.3 is 20.4 Å². The summed E-state index contributed by atoms with van der Waals surface area (Å²) in [5, 5.41) is 5.68. The van der Waals surface area contributed by atoms with Gasteiger partial charge in [0.15, 0.2) is 0 Å². The van der Waals surface area contributed by atoms with Gasteiger partial charge in [-0.1, -0.05) is 12.1 Å². The van der Waals surface area contributed by atoms with Crippen LogP contribution in [0.5, 0.6) is 0 Å². The third-order valence-electron chi connectivity index (χ3n) is 4.67. The number of imidazole rings is 1. The number of hydrogen-bond donors (Lipinski definition) is 3. The van der Waals surface area contributed by atoms with Crippen LogP contribution >= 0.6 is 0 Å². The number of carbonyl (C=O) groups excluding carboxylic acids is 2. The maximum absolute atomic E-state index is 12.3. The van der Waals surface area contributed by atoms with Gasteiger partial charge in [-0.05, 0) is 55.7 Å². The van der Waals surface area contributed by atoms with Gasteiger partial charge in [0.05, 0.1) is 11.0 Å². The minimum Gasteiger partial charge on any atom is -0.382 e. The number of amides is 2. The van der Waals surface area contributed by atoms with Crippen molar-refractivity contribution < 1.29 is 14.3 Å². The number of nitrogens with zero attached hydrogens (tertiary/aromatic N) is 1. The molecule has 0 spiro atoms. The Labute approximate surface area is 176 Å². The Balaban J connectivity index is 1.56. The van der Waals surface area contributed by atoms with E-state index in [4.69, 9.17) is 4.74 Å². The summed E-state index contributed by atoms with van der Waals surface area (Å²) in [6, 6.07) is 13.3. The first-order chi connectivity index (χ1) is 14.5. The summed E-state index contributed by atoms with van der Waals surface area (Å²) in [6.45, 7) is 5.38. The fourth-order valence-electron chi connectivity index (χ4n) is 3.17. The molecular weight excluding hydrogens is 380 g/mol. The molecule has 3 aromatic rings. The van der Waals surface area contributed by atoms with Gasteiger partial charge in [0.25, 0.3) is 5.91 Å². The zero-order chi connectivity index (χ0) is 21.3. The Morgan fingerprint density at radius 3 is 2.63 bits per heavy atom. The second-order valence-corrected chi connectivity index (χ2v) is 7.10. The lowest BCUT2D eigenvalue weighted by Crippen LogP contribution is -2.25. The number of aromatic amines is 1. The highest BCUT2D eigenvalue weighted by atomic mass is 16.5. The molecule has 3 rings (SSSR count). The molecule has 0 fully saturated rings. The molecule has 30 heavy (non-hydrogen) atoms. The summed E-state index contributed by atoms with van der Waals surface area (Å²) in [6.07, 6.45) is 2.38. The first kappa shape index (κ1) is 21.5. The van der Waals surface area contributed by atoms with Crippen LogP contribution in [0.25, 0.3) is 11.0 Å². The lowest BCUT2D eigenvalue weighted by Gasteiger charge is -2.05. The lowest BCUT2D eigenvalue weighted by molar-refractivity contribution is -0.114. The van der Waals surface area contributed by atoms with E-state index in [0.717, 1.165) is 47.4 Å². The van der Waals surface area contributed by atoms with Crippen molar-refractivity contribution in [2.45, 2.75) is 33.1 Å². The van der Waals surface area contributed by atoms with Crippen LogP contribution in [0.2, 0.25) is 0 Å². The van der Waals surface area contributed by atoms with Crippen LogP contribution in [0.4, 0.5) is 5.69 Å². The number of aromatic nitrogens is 2. The Bertz CT molecular complexity index is 995. The van der Waals surface area contributed by atoms with Crippen LogP contribution < -0.4 is 10.6 Å². The molecule has 158 valence electrons. The zero-order valence-electron chi connectivity index (χ0n) is 17.5. The molecular formula is C23H28N4O3. The average molecular weight is 409 g/mol. The highest BCUT2D eigenvalue weighted by Crippen LogP contribution is 2.16. The molecule has 0 aliphatic heterocycles. The number of benzene rings is 2.